The lowest BCUT2D eigenvalue weighted by molar-refractivity contribution is -0.132. The van der Waals surface area contributed by atoms with E-state index in [1.165, 1.54) is 4.88 Å². The highest BCUT2D eigenvalue weighted by molar-refractivity contribution is 7.09. The van der Waals surface area contributed by atoms with Crippen molar-refractivity contribution in [3.8, 4) is 0 Å². The van der Waals surface area contributed by atoms with E-state index in [2.05, 4.69) is 29.8 Å². The van der Waals surface area contributed by atoms with Crippen LogP contribution in [0.5, 0.6) is 0 Å². The second kappa shape index (κ2) is 5.65. The molecular weight excluding hydrogens is 232 g/mol. The topological polar surface area (TPSA) is 32.3 Å². The Kier molecular flexibility index (Phi) is 4.18. The van der Waals surface area contributed by atoms with Gasteiger partial charge in [-0.3, -0.25) is 4.79 Å². The summed E-state index contributed by atoms with van der Waals surface area (Å²) in [5.74, 6) is 0.707. The zero-order chi connectivity index (χ0) is 12.3. The molecule has 2 heterocycles. The number of rotatable bonds is 4. The maximum atomic E-state index is 12.2. The van der Waals surface area contributed by atoms with Crippen LogP contribution in [0.1, 0.15) is 18.2 Å². The number of amides is 1. The number of carbonyl (C=O) groups is 1. The van der Waals surface area contributed by atoms with Crippen LogP contribution in [-0.2, 0) is 11.2 Å². The highest BCUT2D eigenvalue weighted by Gasteiger charge is 2.30. The monoisotopic (exact) mass is 252 g/mol. The number of thiophene rings is 1. The van der Waals surface area contributed by atoms with Gasteiger partial charge in [0.25, 0.3) is 0 Å². The molecule has 4 heteroatoms. The number of likely N-dealkylation sites (N-methyl/N-ethyl adjacent to an activating group) is 1. The first kappa shape index (κ1) is 12.6. The Hall–Kier alpha value is -0.870. The summed E-state index contributed by atoms with van der Waals surface area (Å²) in [6.07, 6.45) is 2.07. The van der Waals surface area contributed by atoms with Crippen LogP contribution in [0, 0.1) is 5.92 Å². The third kappa shape index (κ3) is 3.07. The van der Waals surface area contributed by atoms with Crippen molar-refractivity contribution in [1.29, 1.82) is 0 Å². The van der Waals surface area contributed by atoms with Gasteiger partial charge in [-0.2, -0.15) is 0 Å². The lowest BCUT2D eigenvalue weighted by atomic mass is 10.0. The first-order valence-corrected chi connectivity index (χ1v) is 7.07. The molecule has 1 N–H and O–H groups in total. The van der Waals surface area contributed by atoms with E-state index in [1.807, 2.05) is 11.9 Å². The smallest absolute Gasteiger partial charge is 0.239 e. The predicted octanol–water partition coefficient (Wildman–Crippen LogP) is 1.75. The van der Waals surface area contributed by atoms with Gasteiger partial charge in [-0.05, 0) is 36.8 Å². The van der Waals surface area contributed by atoms with Gasteiger partial charge in [0, 0.05) is 18.5 Å². The molecule has 0 spiro atoms. The summed E-state index contributed by atoms with van der Waals surface area (Å²) >= 11 is 1.76. The average molecular weight is 252 g/mol. The summed E-state index contributed by atoms with van der Waals surface area (Å²) < 4.78 is 0. The standard InChI is InChI=1S/C13H20N2OS/c1-10-5-7-14-12(10)13(16)15(2)8-6-11-4-3-9-17-11/h3-4,9-10,12,14H,5-8H2,1-2H3. The molecule has 1 aromatic rings. The predicted molar refractivity (Wildman–Crippen MR) is 71.2 cm³/mol. The van der Waals surface area contributed by atoms with E-state index in [-0.39, 0.29) is 11.9 Å². The van der Waals surface area contributed by atoms with Crippen LogP contribution in [0.3, 0.4) is 0 Å². The van der Waals surface area contributed by atoms with Gasteiger partial charge in [0.1, 0.15) is 0 Å². The molecule has 0 saturated carbocycles. The van der Waals surface area contributed by atoms with E-state index in [9.17, 15) is 4.79 Å². The molecule has 0 aromatic carbocycles. The summed E-state index contributed by atoms with van der Waals surface area (Å²) in [5, 5.41) is 5.37. The van der Waals surface area contributed by atoms with Crippen molar-refractivity contribution >= 4 is 17.2 Å². The van der Waals surface area contributed by atoms with Crippen LogP contribution in [0.2, 0.25) is 0 Å². The molecule has 1 fully saturated rings. The van der Waals surface area contributed by atoms with E-state index < -0.39 is 0 Å². The molecule has 1 aliphatic rings. The normalized spacial score (nSPS) is 23.9. The third-order valence-corrected chi connectivity index (χ3v) is 4.39. The van der Waals surface area contributed by atoms with Gasteiger partial charge < -0.3 is 10.2 Å². The fraction of sp³-hybridized carbons (Fsp3) is 0.615. The van der Waals surface area contributed by atoms with Crippen molar-refractivity contribution in [3.63, 3.8) is 0 Å². The van der Waals surface area contributed by atoms with Crippen molar-refractivity contribution in [2.24, 2.45) is 5.92 Å². The minimum Gasteiger partial charge on any atom is -0.344 e. The van der Waals surface area contributed by atoms with E-state index in [1.54, 1.807) is 11.3 Å². The quantitative estimate of drug-likeness (QED) is 0.885. The fourth-order valence-electron chi connectivity index (χ4n) is 2.25. The first-order chi connectivity index (χ1) is 8.18. The molecule has 0 bridgehead atoms. The molecule has 2 unspecified atom stereocenters. The van der Waals surface area contributed by atoms with E-state index >= 15 is 0 Å². The Morgan fingerprint density at radius 2 is 2.47 bits per heavy atom. The van der Waals surface area contributed by atoms with Crippen molar-refractivity contribution in [1.82, 2.24) is 10.2 Å². The molecule has 2 rings (SSSR count). The largest absolute Gasteiger partial charge is 0.344 e. The Bertz CT molecular complexity index is 364. The van der Waals surface area contributed by atoms with Crippen molar-refractivity contribution in [2.75, 3.05) is 20.1 Å². The highest BCUT2D eigenvalue weighted by Crippen LogP contribution is 2.16. The van der Waals surface area contributed by atoms with Gasteiger partial charge in [0.2, 0.25) is 5.91 Å². The lowest BCUT2D eigenvalue weighted by Gasteiger charge is -2.23. The summed E-state index contributed by atoms with van der Waals surface area (Å²) in [6.45, 7) is 3.93. The number of nitrogens with one attached hydrogen (secondary N) is 1. The van der Waals surface area contributed by atoms with Gasteiger partial charge in [-0.25, -0.2) is 0 Å². The Labute approximate surface area is 107 Å². The fourth-order valence-corrected chi connectivity index (χ4v) is 2.94. The van der Waals surface area contributed by atoms with Crippen LogP contribution in [-0.4, -0.2) is 37.0 Å². The Morgan fingerprint density at radius 3 is 3.06 bits per heavy atom. The maximum Gasteiger partial charge on any atom is 0.239 e. The number of hydrogen-bond acceptors (Lipinski definition) is 3. The maximum absolute atomic E-state index is 12.2. The summed E-state index contributed by atoms with van der Waals surface area (Å²) in [4.78, 5) is 15.4. The van der Waals surface area contributed by atoms with Crippen molar-refractivity contribution < 1.29 is 4.79 Å². The Morgan fingerprint density at radius 1 is 1.65 bits per heavy atom. The first-order valence-electron chi connectivity index (χ1n) is 6.19. The van der Waals surface area contributed by atoms with Gasteiger partial charge >= 0.3 is 0 Å². The average Bonchev–Trinajstić information content (AvgIpc) is 2.95. The van der Waals surface area contributed by atoms with Crippen LogP contribution in [0.25, 0.3) is 0 Å². The summed E-state index contributed by atoms with van der Waals surface area (Å²) in [6, 6.07) is 4.21. The molecule has 2 atom stereocenters. The zero-order valence-corrected chi connectivity index (χ0v) is 11.3. The van der Waals surface area contributed by atoms with Gasteiger partial charge in [0.05, 0.1) is 6.04 Å². The van der Waals surface area contributed by atoms with E-state index in [0.717, 1.165) is 25.9 Å². The highest BCUT2D eigenvalue weighted by atomic mass is 32.1. The molecule has 0 aliphatic carbocycles. The van der Waals surface area contributed by atoms with Gasteiger partial charge in [-0.1, -0.05) is 13.0 Å². The van der Waals surface area contributed by atoms with Crippen LogP contribution in [0.4, 0.5) is 0 Å². The Balaban J connectivity index is 1.83. The van der Waals surface area contributed by atoms with Crippen LogP contribution >= 0.6 is 11.3 Å². The molecule has 17 heavy (non-hydrogen) atoms. The van der Waals surface area contributed by atoms with E-state index in [0.29, 0.717) is 5.92 Å². The van der Waals surface area contributed by atoms with Crippen molar-refractivity contribution in [2.45, 2.75) is 25.8 Å². The SMILES string of the molecule is CC1CCNC1C(=O)N(C)CCc1cccs1. The lowest BCUT2D eigenvalue weighted by Crippen LogP contribution is -2.44. The summed E-state index contributed by atoms with van der Waals surface area (Å²) in [5.41, 5.74) is 0. The molecule has 94 valence electrons. The van der Waals surface area contributed by atoms with Gasteiger partial charge in [-0.15, -0.1) is 11.3 Å². The van der Waals surface area contributed by atoms with Gasteiger partial charge in [0.15, 0.2) is 0 Å². The second-order valence-electron chi connectivity index (χ2n) is 4.79. The number of nitrogens with zero attached hydrogens (tertiary/aromatic N) is 1. The zero-order valence-electron chi connectivity index (χ0n) is 10.5. The molecular formula is C13H20N2OS. The molecule has 1 amide bonds. The minimum absolute atomic E-state index is 0.0309. The molecule has 0 radical (unpaired) electrons. The summed E-state index contributed by atoms with van der Waals surface area (Å²) in [7, 11) is 1.91. The van der Waals surface area contributed by atoms with Crippen LogP contribution in [0.15, 0.2) is 17.5 Å². The number of carbonyl (C=O) groups excluding carboxylic acids is 1. The minimum atomic E-state index is 0.0309. The van der Waals surface area contributed by atoms with Crippen molar-refractivity contribution in [3.05, 3.63) is 22.4 Å². The second-order valence-corrected chi connectivity index (χ2v) is 5.82. The van der Waals surface area contributed by atoms with Crippen LogP contribution < -0.4 is 5.32 Å². The molecule has 1 aromatic heterocycles. The molecule has 1 aliphatic heterocycles. The molecule has 3 nitrogen and oxygen atoms in total. The number of hydrogen-bond donors (Lipinski definition) is 1. The molecule has 1 saturated heterocycles. The van der Waals surface area contributed by atoms with E-state index in [4.69, 9.17) is 0 Å². The third-order valence-electron chi connectivity index (χ3n) is 3.45.